The van der Waals surface area contributed by atoms with E-state index in [2.05, 4.69) is 15.6 Å². The second kappa shape index (κ2) is 5.61. The number of pyridine rings is 1. The lowest BCUT2D eigenvalue weighted by Gasteiger charge is -2.19. The first-order valence-electron chi connectivity index (χ1n) is 5.38. The van der Waals surface area contributed by atoms with Gasteiger partial charge in [0.1, 0.15) is 0 Å². The number of amides is 1. The highest BCUT2D eigenvalue weighted by Gasteiger charge is 2.10. The van der Waals surface area contributed by atoms with E-state index in [0.29, 0.717) is 13.1 Å². The highest BCUT2D eigenvalue weighted by atomic mass is 16.1. The third-order valence-electron chi connectivity index (χ3n) is 1.99. The van der Waals surface area contributed by atoms with E-state index in [1.807, 2.05) is 32.9 Å². The third kappa shape index (κ3) is 5.46. The SMILES string of the molecule is CC(C)(C)NCC(=O)NCc1cccnc1. The van der Waals surface area contributed by atoms with Gasteiger partial charge in [-0.25, -0.2) is 0 Å². The van der Waals surface area contributed by atoms with Gasteiger partial charge in [0.15, 0.2) is 0 Å². The molecule has 1 rings (SSSR count). The van der Waals surface area contributed by atoms with E-state index in [-0.39, 0.29) is 11.4 Å². The Bertz CT molecular complexity index is 330. The molecule has 0 spiro atoms. The van der Waals surface area contributed by atoms with E-state index in [9.17, 15) is 4.79 Å². The molecular weight excluding hydrogens is 202 g/mol. The van der Waals surface area contributed by atoms with Crippen LogP contribution in [0.4, 0.5) is 0 Å². The van der Waals surface area contributed by atoms with Crippen molar-refractivity contribution in [3.05, 3.63) is 30.1 Å². The van der Waals surface area contributed by atoms with E-state index in [4.69, 9.17) is 0 Å². The summed E-state index contributed by atoms with van der Waals surface area (Å²) in [6.45, 7) is 6.95. The Labute approximate surface area is 96.5 Å². The molecule has 0 atom stereocenters. The van der Waals surface area contributed by atoms with Crippen LogP contribution in [0, 0.1) is 0 Å². The Morgan fingerprint density at radius 2 is 2.19 bits per heavy atom. The normalized spacial score (nSPS) is 11.2. The van der Waals surface area contributed by atoms with Gasteiger partial charge in [0.25, 0.3) is 0 Å². The Kier molecular flexibility index (Phi) is 4.43. The Morgan fingerprint density at radius 3 is 2.75 bits per heavy atom. The van der Waals surface area contributed by atoms with Crippen LogP contribution in [0.5, 0.6) is 0 Å². The first-order valence-corrected chi connectivity index (χ1v) is 5.38. The minimum absolute atomic E-state index is 0.00113. The number of rotatable bonds is 4. The van der Waals surface area contributed by atoms with Crippen LogP contribution in [0.25, 0.3) is 0 Å². The van der Waals surface area contributed by atoms with Crippen LogP contribution in [0.3, 0.4) is 0 Å². The zero-order valence-corrected chi connectivity index (χ0v) is 10.1. The molecule has 88 valence electrons. The van der Waals surface area contributed by atoms with E-state index in [1.165, 1.54) is 0 Å². The van der Waals surface area contributed by atoms with E-state index in [0.717, 1.165) is 5.56 Å². The van der Waals surface area contributed by atoms with Gasteiger partial charge < -0.3 is 10.6 Å². The number of nitrogens with one attached hydrogen (secondary N) is 2. The molecule has 0 fully saturated rings. The molecule has 0 aliphatic heterocycles. The molecule has 0 bridgehead atoms. The lowest BCUT2D eigenvalue weighted by atomic mass is 10.1. The van der Waals surface area contributed by atoms with E-state index in [1.54, 1.807) is 12.4 Å². The molecule has 1 heterocycles. The zero-order chi connectivity index (χ0) is 12.0. The van der Waals surface area contributed by atoms with Gasteiger partial charge in [-0.2, -0.15) is 0 Å². The fraction of sp³-hybridized carbons (Fsp3) is 0.500. The fourth-order valence-electron chi connectivity index (χ4n) is 1.11. The summed E-state index contributed by atoms with van der Waals surface area (Å²) in [5.74, 6) is -0.00113. The molecule has 0 aliphatic carbocycles. The summed E-state index contributed by atoms with van der Waals surface area (Å²) >= 11 is 0. The van der Waals surface area contributed by atoms with Crippen molar-refractivity contribution in [1.82, 2.24) is 15.6 Å². The van der Waals surface area contributed by atoms with Crippen LogP contribution in [0.1, 0.15) is 26.3 Å². The predicted octanol–water partition coefficient (Wildman–Crippen LogP) is 1.09. The molecule has 0 unspecified atom stereocenters. The lowest BCUT2D eigenvalue weighted by Crippen LogP contribution is -2.43. The molecule has 0 aromatic carbocycles. The summed E-state index contributed by atoms with van der Waals surface area (Å²) in [5, 5.41) is 5.96. The van der Waals surface area contributed by atoms with Crippen LogP contribution in [0.15, 0.2) is 24.5 Å². The average Bonchev–Trinajstić information content (AvgIpc) is 2.24. The Balaban J connectivity index is 2.26. The van der Waals surface area contributed by atoms with Gasteiger partial charge in [-0.15, -0.1) is 0 Å². The second-order valence-electron chi connectivity index (χ2n) is 4.74. The van der Waals surface area contributed by atoms with Crippen LogP contribution in [-0.2, 0) is 11.3 Å². The van der Waals surface area contributed by atoms with Crippen molar-refractivity contribution in [1.29, 1.82) is 0 Å². The van der Waals surface area contributed by atoms with Crippen molar-refractivity contribution >= 4 is 5.91 Å². The molecule has 1 amide bonds. The first-order chi connectivity index (χ1) is 7.47. The number of carbonyl (C=O) groups is 1. The second-order valence-corrected chi connectivity index (χ2v) is 4.74. The molecule has 4 nitrogen and oxygen atoms in total. The van der Waals surface area contributed by atoms with Crippen molar-refractivity contribution in [2.24, 2.45) is 0 Å². The molecule has 0 radical (unpaired) electrons. The molecular formula is C12H19N3O. The molecule has 0 saturated carbocycles. The molecule has 0 saturated heterocycles. The van der Waals surface area contributed by atoms with Gasteiger partial charge in [-0.3, -0.25) is 9.78 Å². The van der Waals surface area contributed by atoms with Crippen molar-refractivity contribution < 1.29 is 4.79 Å². The fourth-order valence-corrected chi connectivity index (χ4v) is 1.11. The summed E-state index contributed by atoms with van der Waals surface area (Å²) in [6.07, 6.45) is 3.46. The number of hydrogen-bond acceptors (Lipinski definition) is 3. The van der Waals surface area contributed by atoms with Gasteiger partial charge in [-0.05, 0) is 32.4 Å². The quantitative estimate of drug-likeness (QED) is 0.800. The smallest absolute Gasteiger partial charge is 0.234 e. The molecule has 16 heavy (non-hydrogen) atoms. The van der Waals surface area contributed by atoms with Gasteiger partial charge >= 0.3 is 0 Å². The summed E-state index contributed by atoms with van der Waals surface area (Å²) in [6, 6.07) is 3.79. The summed E-state index contributed by atoms with van der Waals surface area (Å²) < 4.78 is 0. The van der Waals surface area contributed by atoms with Crippen LogP contribution >= 0.6 is 0 Å². The monoisotopic (exact) mass is 221 g/mol. The molecule has 4 heteroatoms. The third-order valence-corrected chi connectivity index (χ3v) is 1.99. The maximum absolute atomic E-state index is 11.5. The predicted molar refractivity (Wildman–Crippen MR) is 63.8 cm³/mol. The van der Waals surface area contributed by atoms with Gasteiger partial charge in [0.2, 0.25) is 5.91 Å². The number of hydrogen-bond donors (Lipinski definition) is 2. The maximum Gasteiger partial charge on any atom is 0.234 e. The highest BCUT2D eigenvalue weighted by molar-refractivity contribution is 5.78. The highest BCUT2D eigenvalue weighted by Crippen LogP contribution is 1.97. The van der Waals surface area contributed by atoms with Crippen LogP contribution in [-0.4, -0.2) is 23.0 Å². The minimum Gasteiger partial charge on any atom is -0.351 e. The zero-order valence-electron chi connectivity index (χ0n) is 10.1. The van der Waals surface area contributed by atoms with E-state index >= 15 is 0 Å². The van der Waals surface area contributed by atoms with Crippen molar-refractivity contribution in [3.63, 3.8) is 0 Å². The first kappa shape index (κ1) is 12.6. The minimum atomic E-state index is -0.0361. The largest absolute Gasteiger partial charge is 0.351 e. The van der Waals surface area contributed by atoms with Gasteiger partial charge in [0, 0.05) is 24.5 Å². The van der Waals surface area contributed by atoms with Crippen LogP contribution < -0.4 is 10.6 Å². The van der Waals surface area contributed by atoms with Crippen molar-refractivity contribution in [3.8, 4) is 0 Å². The van der Waals surface area contributed by atoms with Crippen LogP contribution in [0.2, 0.25) is 0 Å². The topological polar surface area (TPSA) is 54.0 Å². The Morgan fingerprint density at radius 1 is 1.44 bits per heavy atom. The van der Waals surface area contributed by atoms with Gasteiger partial charge in [0.05, 0.1) is 6.54 Å². The molecule has 2 N–H and O–H groups in total. The molecule has 1 aromatic heterocycles. The standard InChI is InChI=1S/C12H19N3O/c1-12(2,3)15-9-11(16)14-8-10-5-4-6-13-7-10/h4-7,15H,8-9H2,1-3H3,(H,14,16). The number of nitrogens with zero attached hydrogens (tertiary/aromatic N) is 1. The average molecular weight is 221 g/mol. The number of aromatic nitrogens is 1. The maximum atomic E-state index is 11.5. The van der Waals surface area contributed by atoms with Gasteiger partial charge in [-0.1, -0.05) is 6.07 Å². The van der Waals surface area contributed by atoms with Crippen molar-refractivity contribution in [2.45, 2.75) is 32.9 Å². The molecule has 1 aromatic rings. The summed E-state index contributed by atoms with van der Waals surface area (Å²) in [4.78, 5) is 15.4. The lowest BCUT2D eigenvalue weighted by molar-refractivity contribution is -0.120. The number of carbonyl (C=O) groups excluding carboxylic acids is 1. The van der Waals surface area contributed by atoms with E-state index < -0.39 is 0 Å². The van der Waals surface area contributed by atoms with Crippen molar-refractivity contribution in [2.75, 3.05) is 6.54 Å². The summed E-state index contributed by atoms with van der Waals surface area (Å²) in [5.41, 5.74) is 0.970. The summed E-state index contributed by atoms with van der Waals surface area (Å²) in [7, 11) is 0. The molecule has 0 aliphatic rings. The Hall–Kier alpha value is -1.42.